The number of halogens is 4. The Kier molecular flexibility index (Phi) is 9.40. The van der Waals surface area contributed by atoms with Crippen molar-refractivity contribution < 1.29 is 31.9 Å². The largest absolute Gasteiger partial charge is 0.496 e. The molecule has 0 radical (unpaired) electrons. The van der Waals surface area contributed by atoms with Crippen LogP contribution in [0.5, 0.6) is 5.75 Å². The van der Waals surface area contributed by atoms with Crippen LogP contribution in [0.4, 0.5) is 23.4 Å². The highest BCUT2D eigenvalue weighted by Crippen LogP contribution is 2.40. The quantitative estimate of drug-likeness (QED) is 0.355. The normalized spacial score (nSPS) is 16.2. The summed E-state index contributed by atoms with van der Waals surface area (Å²) in [5, 5.41) is 6.65. The molecule has 1 unspecified atom stereocenters. The molecule has 4 rings (SSSR count). The van der Waals surface area contributed by atoms with E-state index in [0.717, 1.165) is 22.9 Å². The Bertz CT molecular complexity index is 1390. The molecule has 0 aliphatic carbocycles. The fraction of sp³-hybridized carbons (Fsp3) is 0.370. The molecule has 2 heterocycles. The van der Waals surface area contributed by atoms with Gasteiger partial charge in [0.05, 0.1) is 19.2 Å². The van der Waals surface area contributed by atoms with Gasteiger partial charge in [-0.3, -0.25) is 14.5 Å². The summed E-state index contributed by atoms with van der Waals surface area (Å²) in [7, 11) is 1.32. The number of likely N-dealkylation sites (tertiary alicyclic amines) is 1. The van der Waals surface area contributed by atoms with Crippen LogP contribution in [0, 0.1) is 11.6 Å². The Labute approximate surface area is 229 Å². The number of hydrogen-bond donors (Lipinski definition) is 3. The van der Waals surface area contributed by atoms with E-state index >= 15 is 4.39 Å². The van der Waals surface area contributed by atoms with Gasteiger partial charge >= 0.3 is 0 Å². The number of carbonyl (C=O) groups excluding carboxylic acids is 2. The molecule has 2 aromatic carbocycles. The predicted octanol–water partition coefficient (Wildman–Crippen LogP) is 3.99. The molecule has 13 heteroatoms. The average molecular weight is 565 g/mol. The maximum absolute atomic E-state index is 15.0. The highest BCUT2D eigenvalue weighted by atomic mass is 19.3. The number of carbonyl (C=O) groups is 2. The minimum atomic E-state index is -3.17. The van der Waals surface area contributed by atoms with Gasteiger partial charge in [0.15, 0.2) is 0 Å². The van der Waals surface area contributed by atoms with Crippen molar-refractivity contribution in [2.45, 2.75) is 39.3 Å². The van der Waals surface area contributed by atoms with E-state index in [1.165, 1.54) is 30.2 Å². The van der Waals surface area contributed by atoms with E-state index in [1.807, 2.05) is 13.8 Å². The number of likely N-dealkylation sites (N-methyl/N-ethyl adjacent to an activating group) is 1. The number of primary amides is 1. The Hall–Kier alpha value is -4.13. The number of hydrogen-bond acceptors (Lipinski definition) is 6. The van der Waals surface area contributed by atoms with Crippen LogP contribution >= 0.6 is 0 Å². The van der Waals surface area contributed by atoms with Crippen molar-refractivity contribution in [3.63, 3.8) is 0 Å². The third kappa shape index (κ3) is 6.03. The van der Waals surface area contributed by atoms with E-state index in [4.69, 9.17) is 16.2 Å². The molecule has 2 amide bonds. The van der Waals surface area contributed by atoms with Crippen LogP contribution in [0.2, 0.25) is 0 Å². The van der Waals surface area contributed by atoms with Crippen molar-refractivity contribution in [3.05, 3.63) is 64.7 Å². The molecule has 0 spiro atoms. The maximum atomic E-state index is 15.0. The van der Waals surface area contributed by atoms with Crippen LogP contribution in [0.25, 0.3) is 11.3 Å². The number of amides is 2. The number of ether oxygens (including phenoxy) is 1. The zero-order valence-corrected chi connectivity index (χ0v) is 22.6. The fourth-order valence-electron chi connectivity index (χ4n) is 4.44. The van der Waals surface area contributed by atoms with Gasteiger partial charge < -0.3 is 21.5 Å². The van der Waals surface area contributed by atoms with E-state index in [0.29, 0.717) is 6.54 Å². The van der Waals surface area contributed by atoms with Crippen LogP contribution in [0.3, 0.4) is 0 Å². The van der Waals surface area contributed by atoms with E-state index < -0.39 is 42.0 Å². The molecule has 0 bridgehead atoms. The Balaban J connectivity index is 0.00000216. The highest BCUT2D eigenvalue weighted by molar-refractivity contribution is 6.03. The van der Waals surface area contributed by atoms with Crippen molar-refractivity contribution in [2.24, 2.45) is 5.73 Å². The van der Waals surface area contributed by atoms with Gasteiger partial charge in [-0.25, -0.2) is 22.2 Å². The zero-order valence-electron chi connectivity index (χ0n) is 22.6. The first-order chi connectivity index (χ1) is 19.0. The number of nitrogens with two attached hydrogens (primary N) is 2. The van der Waals surface area contributed by atoms with E-state index in [-0.39, 0.29) is 52.6 Å². The fourth-order valence-corrected chi connectivity index (χ4v) is 4.44. The number of anilines is 1. The van der Waals surface area contributed by atoms with Crippen LogP contribution in [0.1, 0.15) is 53.1 Å². The van der Waals surface area contributed by atoms with Crippen LogP contribution in [0.15, 0.2) is 36.4 Å². The van der Waals surface area contributed by atoms with E-state index in [1.54, 1.807) is 6.92 Å². The van der Waals surface area contributed by atoms with Gasteiger partial charge in [-0.1, -0.05) is 32.9 Å². The average Bonchev–Trinajstić information content (AvgIpc) is 3.43. The molecule has 1 aromatic heterocycles. The van der Waals surface area contributed by atoms with Crippen LogP contribution in [-0.4, -0.2) is 59.2 Å². The highest BCUT2D eigenvalue weighted by Gasteiger charge is 2.50. The smallest absolute Gasteiger partial charge is 0.283 e. The SMILES string of the molecule is CC.CCN1CC(n2nc(-c3ccc(CNC(=O)c4cc(F)ccc4OC)c(F)c3)c(C(N)=O)c2N)C(F)(F)C1. The molecule has 1 fully saturated rings. The van der Waals surface area contributed by atoms with Gasteiger partial charge in [0, 0.05) is 24.2 Å². The summed E-state index contributed by atoms with van der Waals surface area (Å²) < 4.78 is 64.0. The van der Waals surface area contributed by atoms with Crippen molar-refractivity contribution >= 4 is 17.6 Å². The summed E-state index contributed by atoms with van der Waals surface area (Å²) in [6, 6.07) is 5.75. The van der Waals surface area contributed by atoms with Crippen molar-refractivity contribution in [2.75, 3.05) is 32.5 Å². The van der Waals surface area contributed by atoms with Gasteiger partial charge in [-0.05, 0) is 30.8 Å². The summed E-state index contributed by atoms with van der Waals surface area (Å²) in [5.74, 6) is -6.48. The third-order valence-electron chi connectivity index (χ3n) is 6.46. The Morgan fingerprint density at radius 3 is 2.45 bits per heavy atom. The van der Waals surface area contributed by atoms with Crippen molar-refractivity contribution in [1.29, 1.82) is 0 Å². The lowest BCUT2D eigenvalue weighted by Crippen LogP contribution is -2.31. The van der Waals surface area contributed by atoms with E-state index in [2.05, 4.69) is 10.4 Å². The maximum Gasteiger partial charge on any atom is 0.283 e. The molecule has 1 aliphatic rings. The Morgan fingerprint density at radius 2 is 1.88 bits per heavy atom. The molecule has 9 nitrogen and oxygen atoms in total. The van der Waals surface area contributed by atoms with Gasteiger partial charge in [-0.2, -0.15) is 5.10 Å². The van der Waals surface area contributed by atoms with Gasteiger partial charge in [0.2, 0.25) is 0 Å². The lowest BCUT2D eigenvalue weighted by molar-refractivity contribution is -0.0241. The number of benzene rings is 2. The predicted molar refractivity (Wildman–Crippen MR) is 142 cm³/mol. The third-order valence-corrected chi connectivity index (χ3v) is 6.46. The number of nitrogen functional groups attached to an aromatic ring is 1. The number of rotatable bonds is 8. The summed E-state index contributed by atoms with van der Waals surface area (Å²) in [6.07, 6.45) is 0. The number of alkyl halides is 2. The monoisotopic (exact) mass is 564 g/mol. The minimum Gasteiger partial charge on any atom is -0.496 e. The number of methoxy groups -OCH3 is 1. The second kappa shape index (κ2) is 12.4. The Morgan fingerprint density at radius 1 is 1.18 bits per heavy atom. The molecular formula is C27H32F4N6O3. The first-order valence-corrected chi connectivity index (χ1v) is 12.6. The molecule has 1 aliphatic heterocycles. The van der Waals surface area contributed by atoms with E-state index in [9.17, 15) is 22.8 Å². The number of aromatic nitrogens is 2. The number of nitrogens with zero attached hydrogens (tertiary/aromatic N) is 3. The lowest BCUT2D eigenvalue weighted by atomic mass is 10.0. The molecule has 0 saturated carbocycles. The van der Waals surface area contributed by atoms with Crippen molar-refractivity contribution in [1.82, 2.24) is 20.0 Å². The molecule has 5 N–H and O–H groups in total. The molecule has 40 heavy (non-hydrogen) atoms. The molecule has 1 atom stereocenters. The second-order valence-electron chi connectivity index (χ2n) is 8.86. The summed E-state index contributed by atoms with van der Waals surface area (Å²) in [5.41, 5.74) is 11.2. The first kappa shape index (κ1) is 30.4. The molecular weight excluding hydrogens is 532 g/mol. The number of nitrogens with one attached hydrogen (secondary N) is 1. The summed E-state index contributed by atoms with van der Waals surface area (Å²) in [6.45, 7) is 5.33. The van der Waals surface area contributed by atoms with Gasteiger partial charge in [0.1, 0.15) is 40.5 Å². The van der Waals surface area contributed by atoms with Gasteiger partial charge in [0.25, 0.3) is 17.7 Å². The minimum absolute atomic E-state index is 0.0455. The first-order valence-electron chi connectivity index (χ1n) is 12.6. The van der Waals surface area contributed by atoms with Crippen LogP contribution in [-0.2, 0) is 6.54 Å². The lowest BCUT2D eigenvalue weighted by Gasteiger charge is -2.19. The summed E-state index contributed by atoms with van der Waals surface area (Å²) in [4.78, 5) is 26.2. The van der Waals surface area contributed by atoms with Crippen LogP contribution < -0.4 is 21.5 Å². The second-order valence-corrected chi connectivity index (χ2v) is 8.86. The van der Waals surface area contributed by atoms with Gasteiger partial charge in [-0.15, -0.1) is 0 Å². The topological polar surface area (TPSA) is 128 Å². The molecule has 1 saturated heterocycles. The molecule has 216 valence electrons. The summed E-state index contributed by atoms with van der Waals surface area (Å²) >= 11 is 0. The standard InChI is InChI=1S/C25H26F4N6O3.C2H6/c1-3-34-11-19(25(28,29)12-34)35-22(30)20(23(31)36)21(33-35)13-4-5-14(17(27)8-13)10-32-24(37)16-9-15(26)6-7-18(16)38-2;1-2/h4-9,19H,3,10-12,30H2,1-2H3,(H2,31,36)(H,32,37);1-2H3. The molecule has 3 aromatic rings. The zero-order chi connectivity index (χ0) is 29.8. The van der Waals surface area contributed by atoms with Crippen molar-refractivity contribution in [3.8, 4) is 17.0 Å².